The summed E-state index contributed by atoms with van der Waals surface area (Å²) < 4.78 is 10.5. The number of hydrogen-bond acceptors (Lipinski definition) is 5. The van der Waals surface area contributed by atoms with Crippen molar-refractivity contribution in [1.29, 1.82) is 0 Å². The number of anilines is 1. The van der Waals surface area contributed by atoms with Crippen LogP contribution in [0.3, 0.4) is 0 Å². The first kappa shape index (κ1) is 15.6. The van der Waals surface area contributed by atoms with E-state index in [-0.39, 0.29) is 5.41 Å². The van der Waals surface area contributed by atoms with Gasteiger partial charge in [0.1, 0.15) is 0 Å². The molecule has 4 nitrogen and oxygen atoms in total. The van der Waals surface area contributed by atoms with Crippen molar-refractivity contribution in [1.82, 2.24) is 4.98 Å². The summed E-state index contributed by atoms with van der Waals surface area (Å²) in [7, 11) is 3.27. The summed E-state index contributed by atoms with van der Waals surface area (Å²) in [5.41, 5.74) is 2.14. The van der Waals surface area contributed by atoms with Gasteiger partial charge in [-0.25, -0.2) is 4.98 Å². The van der Waals surface area contributed by atoms with Gasteiger partial charge in [0.05, 0.1) is 31.5 Å². The number of ether oxygens (including phenoxy) is 2. The van der Waals surface area contributed by atoms with E-state index in [4.69, 9.17) is 9.47 Å². The van der Waals surface area contributed by atoms with E-state index in [1.807, 2.05) is 18.2 Å². The summed E-state index contributed by atoms with van der Waals surface area (Å²) >= 11 is 1.71. The Bertz CT molecular complexity index is 603. The minimum Gasteiger partial charge on any atom is -0.493 e. The Kier molecular flexibility index (Phi) is 4.73. The molecule has 0 amide bonds. The molecule has 2 aromatic rings. The molecular weight excluding hydrogens is 284 g/mol. The second-order valence-corrected chi connectivity index (χ2v) is 6.68. The van der Waals surface area contributed by atoms with Gasteiger partial charge in [0.2, 0.25) is 0 Å². The zero-order valence-corrected chi connectivity index (χ0v) is 14.0. The van der Waals surface area contributed by atoms with Gasteiger partial charge in [-0.2, -0.15) is 0 Å². The molecule has 1 heterocycles. The largest absolute Gasteiger partial charge is 0.493 e. The third kappa shape index (κ3) is 3.88. The second kappa shape index (κ2) is 6.35. The molecule has 0 atom stereocenters. The maximum absolute atomic E-state index is 5.30. The molecule has 5 heteroatoms. The number of nitrogens with zero attached hydrogens (tertiary/aromatic N) is 1. The Morgan fingerprint density at radius 3 is 2.43 bits per heavy atom. The first-order valence-corrected chi connectivity index (χ1v) is 7.73. The highest BCUT2D eigenvalue weighted by Gasteiger charge is 2.17. The number of thiazole rings is 1. The van der Waals surface area contributed by atoms with Crippen molar-refractivity contribution < 1.29 is 9.47 Å². The van der Waals surface area contributed by atoms with E-state index in [1.165, 1.54) is 0 Å². The minimum absolute atomic E-state index is 0.103. The molecular formula is C16H22N2O2S. The van der Waals surface area contributed by atoms with Crippen molar-refractivity contribution in [3.05, 3.63) is 34.3 Å². The number of benzene rings is 1. The maximum atomic E-state index is 5.30. The zero-order valence-electron chi connectivity index (χ0n) is 13.2. The van der Waals surface area contributed by atoms with Crippen molar-refractivity contribution in [2.75, 3.05) is 19.5 Å². The Labute approximate surface area is 130 Å². The zero-order chi connectivity index (χ0) is 15.5. The predicted octanol–water partition coefficient (Wildman–Crippen LogP) is 4.07. The molecule has 1 aromatic heterocycles. The first-order valence-electron chi connectivity index (χ1n) is 6.85. The molecule has 0 aliphatic carbocycles. The van der Waals surface area contributed by atoms with Gasteiger partial charge in [-0.05, 0) is 12.1 Å². The van der Waals surface area contributed by atoms with E-state index in [2.05, 4.69) is 36.5 Å². The van der Waals surface area contributed by atoms with Gasteiger partial charge >= 0.3 is 0 Å². The molecule has 0 aliphatic heterocycles. The van der Waals surface area contributed by atoms with Crippen LogP contribution >= 0.6 is 11.3 Å². The number of aromatic nitrogens is 1. The van der Waals surface area contributed by atoms with Crippen LogP contribution < -0.4 is 14.8 Å². The Morgan fingerprint density at radius 2 is 1.86 bits per heavy atom. The lowest BCUT2D eigenvalue weighted by Crippen LogP contribution is -2.11. The predicted molar refractivity (Wildman–Crippen MR) is 87.7 cm³/mol. The highest BCUT2D eigenvalue weighted by Crippen LogP contribution is 2.30. The van der Waals surface area contributed by atoms with Crippen molar-refractivity contribution in [2.24, 2.45) is 0 Å². The number of nitrogens with one attached hydrogen (secondary N) is 1. The van der Waals surface area contributed by atoms with Gasteiger partial charge < -0.3 is 14.8 Å². The van der Waals surface area contributed by atoms with Gasteiger partial charge in [-0.3, -0.25) is 0 Å². The summed E-state index contributed by atoms with van der Waals surface area (Å²) in [5.74, 6) is 1.45. The van der Waals surface area contributed by atoms with E-state index in [0.717, 1.165) is 27.9 Å². The minimum atomic E-state index is 0.103. The molecule has 2 rings (SSSR count). The standard InChI is InChI=1S/C16H22N2O2S/c1-16(2,3)15-18-12(10-21-15)9-17-11-6-7-13(19-4)14(8-11)20-5/h6-8,10,17H,9H2,1-5H3. The van der Waals surface area contributed by atoms with Gasteiger partial charge in [-0.15, -0.1) is 11.3 Å². The molecule has 114 valence electrons. The Hall–Kier alpha value is -1.75. The number of hydrogen-bond donors (Lipinski definition) is 1. The molecule has 0 bridgehead atoms. The third-order valence-electron chi connectivity index (χ3n) is 3.05. The van der Waals surface area contributed by atoms with E-state index in [9.17, 15) is 0 Å². The van der Waals surface area contributed by atoms with Crippen LogP contribution in [0.2, 0.25) is 0 Å². The summed E-state index contributed by atoms with van der Waals surface area (Å²) in [6.07, 6.45) is 0. The van der Waals surface area contributed by atoms with Crippen LogP contribution in [0.25, 0.3) is 0 Å². The third-order valence-corrected chi connectivity index (χ3v) is 4.37. The lowest BCUT2D eigenvalue weighted by molar-refractivity contribution is 0.355. The van der Waals surface area contributed by atoms with Crippen LogP contribution in [-0.2, 0) is 12.0 Å². The van der Waals surface area contributed by atoms with Gasteiger partial charge in [-0.1, -0.05) is 20.8 Å². The Morgan fingerprint density at radius 1 is 1.14 bits per heavy atom. The van der Waals surface area contributed by atoms with Crippen LogP contribution in [0.4, 0.5) is 5.69 Å². The van der Waals surface area contributed by atoms with Crippen molar-refractivity contribution in [2.45, 2.75) is 32.7 Å². The van der Waals surface area contributed by atoms with Gasteiger partial charge in [0.15, 0.2) is 11.5 Å². The summed E-state index contributed by atoms with van der Waals surface area (Å²) in [4.78, 5) is 4.67. The molecule has 21 heavy (non-hydrogen) atoms. The van der Waals surface area contributed by atoms with Gasteiger partial charge in [0.25, 0.3) is 0 Å². The topological polar surface area (TPSA) is 43.4 Å². The lowest BCUT2D eigenvalue weighted by atomic mass is 9.98. The molecule has 1 aromatic carbocycles. The normalized spacial score (nSPS) is 11.3. The van der Waals surface area contributed by atoms with E-state index < -0.39 is 0 Å². The van der Waals surface area contributed by atoms with E-state index >= 15 is 0 Å². The fraction of sp³-hybridized carbons (Fsp3) is 0.438. The molecule has 0 fully saturated rings. The van der Waals surface area contributed by atoms with Crippen LogP contribution in [-0.4, -0.2) is 19.2 Å². The highest BCUT2D eigenvalue weighted by atomic mass is 32.1. The Balaban J connectivity index is 2.04. The smallest absolute Gasteiger partial charge is 0.162 e. The quantitative estimate of drug-likeness (QED) is 0.904. The fourth-order valence-corrected chi connectivity index (χ4v) is 2.78. The van der Waals surface area contributed by atoms with Crippen LogP contribution in [0.5, 0.6) is 11.5 Å². The fourth-order valence-electron chi connectivity index (χ4n) is 1.87. The monoisotopic (exact) mass is 306 g/mol. The molecule has 0 saturated heterocycles. The SMILES string of the molecule is COc1ccc(NCc2csc(C(C)(C)C)n2)cc1OC. The van der Waals surface area contributed by atoms with Crippen molar-refractivity contribution in [3.8, 4) is 11.5 Å². The first-order chi connectivity index (χ1) is 9.94. The van der Waals surface area contributed by atoms with Gasteiger partial charge in [0, 0.05) is 22.5 Å². The molecule has 0 radical (unpaired) electrons. The lowest BCUT2D eigenvalue weighted by Gasteiger charge is -2.13. The van der Waals surface area contributed by atoms with Crippen molar-refractivity contribution in [3.63, 3.8) is 0 Å². The molecule has 0 spiro atoms. The highest BCUT2D eigenvalue weighted by molar-refractivity contribution is 7.09. The average Bonchev–Trinajstić information content (AvgIpc) is 2.93. The molecule has 1 N–H and O–H groups in total. The number of methoxy groups -OCH3 is 2. The number of rotatable bonds is 5. The maximum Gasteiger partial charge on any atom is 0.162 e. The molecule has 0 aliphatic rings. The van der Waals surface area contributed by atoms with Crippen LogP contribution in [0, 0.1) is 0 Å². The van der Waals surface area contributed by atoms with E-state index in [0.29, 0.717) is 6.54 Å². The second-order valence-electron chi connectivity index (χ2n) is 5.82. The van der Waals surface area contributed by atoms with Crippen molar-refractivity contribution >= 4 is 17.0 Å². The summed E-state index contributed by atoms with van der Waals surface area (Å²) in [5, 5.41) is 6.62. The summed E-state index contributed by atoms with van der Waals surface area (Å²) in [6.45, 7) is 7.23. The van der Waals surface area contributed by atoms with Crippen LogP contribution in [0.15, 0.2) is 23.6 Å². The average molecular weight is 306 g/mol. The summed E-state index contributed by atoms with van der Waals surface area (Å²) in [6, 6.07) is 5.79. The van der Waals surface area contributed by atoms with E-state index in [1.54, 1.807) is 25.6 Å². The molecule has 0 saturated carbocycles. The van der Waals surface area contributed by atoms with Crippen LogP contribution in [0.1, 0.15) is 31.5 Å². The molecule has 0 unspecified atom stereocenters.